The molecule has 0 saturated carbocycles. The summed E-state index contributed by atoms with van der Waals surface area (Å²) in [4.78, 5) is 15.0. The van der Waals surface area contributed by atoms with Gasteiger partial charge in [0.25, 0.3) is 0 Å². The predicted molar refractivity (Wildman–Crippen MR) is 65.7 cm³/mol. The lowest BCUT2D eigenvalue weighted by molar-refractivity contribution is 0.0696. The maximum absolute atomic E-state index is 10.8. The van der Waals surface area contributed by atoms with Crippen LogP contribution < -0.4 is 4.74 Å². The van der Waals surface area contributed by atoms with Gasteiger partial charge in [0, 0.05) is 19.4 Å². The van der Waals surface area contributed by atoms with Crippen molar-refractivity contribution in [3.8, 4) is 5.75 Å². The van der Waals surface area contributed by atoms with Gasteiger partial charge < -0.3 is 14.4 Å². The quantitative estimate of drug-likeness (QED) is 0.898. The summed E-state index contributed by atoms with van der Waals surface area (Å²) >= 11 is 0. The SMILES string of the molecule is CC(Oc1cccc(C(=O)O)c1)c1nccn1C. The lowest BCUT2D eigenvalue weighted by Gasteiger charge is -2.14. The molecule has 0 radical (unpaired) electrons. The van der Waals surface area contributed by atoms with Crippen LogP contribution in [0.15, 0.2) is 36.7 Å². The highest BCUT2D eigenvalue weighted by molar-refractivity contribution is 5.87. The standard InChI is InChI=1S/C13H14N2O3/c1-9(12-14-6-7-15(12)2)18-11-5-3-4-10(8-11)13(16)17/h3-9H,1-2H3,(H,16,17). The average Bonchev–Trinajstić information content (AvgIpc) is 2.76. The van der Waals surface area contributed by atoms with Crippen molar-refractivity contribution >= 4 is 5.97 Å². The fourth-order valence-corrected chi connectivity index (χ4v) is 1.73. The van der Waals surface area contributed by atoms with E-state index in [1.807, 2.05) is 24.7 Å². The summed E-state index contributed by atoms with van der Waals surface area (Å²) in [6.45, 7) is 1.87. The van der Waals surface area contributed by atoms with Crippen LogP contribution in [-0.4, -0.2) is 20.6 Å². The molecule has 0 bridgehead atoms. The zero-order valence-electron chi connectivity index (χ0n) is 10.2. The second-order valence-electron chi connectivity index (χ2n) is 3.99. The fourth-order valence-electron chi connectivity index (χ4n) is 1.73. The summed E-state index contributed by atoms with van der Waals surface area (Å²) in [5.74, 6) is 0.339. The predicted octanol–water partition coefficient (Wildman–Crippen LogP) is 2.26. The number of aromatic carboxylic acids is 1. The normalized spacial score (nSPS) is 12.1. The first-order valence-electron chi connectivity index (χ1n) is 5.55. The van der Waals surface area contributed by atoms with Gasteiger partial charge in [-0.3, -0.25) is 0 Å². The van der Waals surface area contributed by atoms with Crippen LogP contribution in [0.1, 0.15) is 29.2 Å². The molecule has 1 unspecified atom stereocenters. The van der Waals surface area contributed by atoms with Gasteiger partial charge in [-0.05, 0) is 25.1 Å². The van der Waals surface area contributed by atoms with Crippen LogP contribution >= 0.6 is 0 Å². The Bertz CT molecular complexity index is 563. The molecule has 94 valence electrons. The Morgan fingerprint density at radius 2 is 2.28 bits per heavy atom. The molecule has 2 rings (SSSR count). The Hall–Kier alpha value is -2.30. The molecule has 1 heterocycles. The Morgan fingerprint density at radius 3 is 2.89 bits per heavy atom. The summed E-state index contributed by atoms with van der Waals surface area (Å²) in [5, 5.41) is 8.90. The second-order valence-corrected chi connectivity index (χ2v) is 3.99. The van der Waals surface area contributed by atoms with Crippen LogP contribution in [0, 0.1) is 0 Å². The molecule has 0 saturated heterocycles. The topological polar surface area (TPSA) is 64.3 Å². The van der Waals surface area contributed by atoms with Gasteiger partial charge >= 0.3 is 5.97 Å². The molecule has 1 atom stereocenters. The molecule has 0 spiro atoms. The monoisotopic (exact) mass is 246 g/mol. The summed E-state index contributed by atoms with van der Waals surface area (Å²) in [6.07, 6.45) is 3.29. The van der Waals surface area contributed by atoms with E-state index in [0.29, 0.717) is 5.75 Å². The molecule has 0 aliphatic carbocycles. The highest BCUT2D eigenvalue weighted by atomic mass is 16.5. The van der Waals surface area contributed by atoms with E-state index in [9.17, 15) is 4.79 Å². The maximum Gasteiger partial charge on any atom is 0.335 e. The molecule has 5 heteroatoms. The van der Waals surface area contributed by atoms with Crippen molar-refractivity contribution in [2.24, 2.45) is 7.05 Å². The van der Waals surface area contributed by atoms with Gasteiger partial charge in [0.15, 0.2) is 6.10 Å². The van der Waals surface area contributed by atoms with Gasteiger partial charge in [0.05, 0.1) is 5.56 Å². The number of carbonyl (C=O) groups is 1. The first kappa shape index (κ1) is 12.2. The number of aryl methyl sites for hydroxylation is 1. The van der Waals surface area contributed by atoms with E-state index in [2.05, 4.69) is 4.98 Å². The number of hydrogen-bond donors (Lipinski definition) is 1. The number of carboxylic acid groups (broad SMARTS) is 1. The average molecular weight is 246 g/mol. The largest absolute Gasteiger partial charge is 0.483 e. The maximum atomic E-state index is 10.8. The summed E-state index contributed by atoms with van der Waals surface area (Å²) < 4.78 is 7.55. The van der Waals surface area contributed by atoms with Gasteiger partial charge in [0.2, 0.25) is 0 Å². The third-order valence-electron chi connectivity index (χ3n) is 2.62. The Kier molecular flexibility index (Phi) is 3.32. The van der Waals surface area contributed by atoms with E-state index in [0.717, 1.165) is 5.82 Å². The van der Waals surface area contributed by atoms with E-state index in [1.54, 1.807) is 18.3 Å². The van der Waals surface area contributed by atoms with Gasteiger partial charge in [-0.1, -0.05) is 6.07 Å². The molecule has 1 aromatic carbocycles. The minimum Gasteiger partial charge on any atom is -0.483 e. The lowest BCUT2D eigenvalue weighted by atomic mass is 10.2. The van der Waals surface area contributed by atoms with Crippen LogP contribution in [-0.2, 0) is 7.05 Å². The van der Waals surface area contributed by atoms with Crippen molar-refractivity contribution in [3.63, 3.8) is 0 Å². The zero-order chi connectivity index (χ0) is 13.1. The van der Waals surface area contributed by atoms with E-state index in [1.165, 1.54) is 12.1 Å². The highest BCUT2D eigenvalue weighted by Crippen LogP contribution is 2.21. The number of carboxylic acids is 1. The third kappa shape index (κ3) is 2.51. The van der Waals surface area contributed by atoms with Crippen LogP contribution in [0.3, 0.4) is 0 Å². The van der Waals surface area contributed by atoms with Crippen LogP contribution in [0.2, 0.25) is 0 Å². The van der Waals surface area contributed by atoms with Crippen molar-refractivity contribution in [1.29, 1.82) is 0 Å². The third-order valence-corrected chi connectivity index (χ3v) is 2.62. The Labute approximate surface area is 105 Å². The summed E-state index contributed by atoms with van der Waals surface area (Å²) in [6, 6.07) is 6.41. The van der Waals surface area contributed by atoms with Crippen LogP contribution in [0.25, 0.3) is 0 Å². The minimum atomic E-state index is -0.968. The van der Waals surface area contributed by atoms with Gasteiger partial charge in [0.1, 0.15) is 11.6 Å². The molecule has 0 amide bonds. The smallest absolute Gasteiger partial charge is 0.335 e. The van der Waals surface area contributed by atoms with E-state index in [4.69, 9.17) is 9.84 Å². The number of rotatable bonds is 4. The first-order valence-corrected chi connectivity index (χ1v) is 5.55. The zero-order valence-corrected chi connectivity index (χ0v) is 10.2. The molecular formula is C13H14N2O3. The highest BCUT2D eigenvalue weighted by Gasteiger charge is 2.12. The molecule has 18 heavy (non-hydrogen) atoms. The van der Waals surface area contributed by atoms with E-state index >= 15 is 0 Å². The van der Waals surface area contributed by atoms with Crippen LogP contribution in [0.4, 0.5) is 0 Å². The van der Waals surface area contributed by atoms with Crippen molar-refractivity contribution in [1.82, 2.24) is 9.55 Å². The number of nitrogens with zero attached hydrogens (tertiary/aromatic N) is 2. The van der Waals surface area contributed by atoms with Crippen molar-refractivity contribution < 1.29 is 14.6 Å². The molecular weight excluding hydrogens is 232 g/mol. The van der Waals surface area contributed by atoms with Crippen molar-refractivity contribution in [2.75, 3.05) is 0 Å². The molecule has 1 aromatic heterocycles. The summed E-state index contributed by atoms with van der Waals surface area (Å²) in [7, 11) is 1.88. The van der Waals surface area contributed by atoms with Gasteiger partial charge in [-0.15, -0.1) is 0 Å². The number of aromatic nitrogens is 2. The van der Waals surface area contributed by atoms with Gasteiger partial charge in [-0.2, -0.15) is 0 Å². The molecule has 5 nitrogen and oxygen atoms in total. The number of hydrogen-bond acceptors (Lipinski definition) is 3. The second kappa shape index (κ2) is 4.91. The number of benzene rings is 1. The van der Waals surface area contributed by atoms with Crippen molar-refractivity contribution in [3.05, 3.63) is 48.0 Å². The Balaban J connectivity index is 2.17. The van der Waals surface area contributed by atoms with E-state index in [-0.39, 0.29) is 11.7 Å². The number of ether oxygens (including phenoxy) is 1. The van der Waals surface area contributed by atoms with Gasteiger partial charge in [-0.25, -0.2) is 9.78 Å². The molecule has 0 aliphatic heterocycles. The van der Waals surface area contributed by atoms with Crippen LogP contribution in [0.5, 0.6) is 5.75 Å². The minimum absolute atomic E-state index is 0.208. The molecule has 0 aliphatic rings. The fraction of sp³-hybridized carbons (Fsp3) is 0.231. The molecule has 1 N–H and O–H groups in total. The lowest BCUT2D eigenvalue weighted by Crippen LogP contribution is -2.09. The molecule has 2 aromatic rings. The Morgan fingerprint density at radius 1 is 1.50 bits per heavy atom. The number of imidazole rings is 1. The first-order chi connectivity index (χ1) is 8.58. The summed E-state index contributed by atoms with van der Waals surface area (Å²) in [5.41, 5.74) is 0.208. The van der Waals surface area contributed by atoms with E-state index < -0.39 is 5.97 Å². The van der Waals surface area contributed by atoms with Crippen molar-refractivity contribution in [2.45, 2.75) is 13.0 Å². The molecule has 0 fully saturated rings.